The number of hydrogen-bond acceptors (Lipinski definition) is 2. The van der Waals surface area contributed by atoms with Gasteiger partial charge in [-0.15, -0.1) is 0 Å². The van der Waals surface area contributed by atoms with E-state index in [1.54, 1.807) is 0 Å². The number of aromatic nitrogens is 1. The topological polar surface area (TPSA) is 65.2 Å². The van der Waals surface area contributed by atoms with Crippen molar-refractivity contribution in [3.63, 3.8) is 0 Å². The minimum atomic E-state index is 0.133. The summed E-state index contributed by atoms with van der Waals surface area (Å²) in [5.41, 5.74) is 3.87. The summed E-state index contributed by atoms with van der Waals surface area (Å²) in [6.45, 7) is 2.30. The Hall–Kier alpha value is -2.56. The maximum Gasteiger partial charge on any atom is 0.226 e. The second-order valence-corrected chi connectivity index (χ2v) is 9.69. The first-order valence-corrected chi connectivity index (χ1v) is 11.9. The summed E-state index contributed by atoms with van der Waals surface area (Å²) in [5, 5.41) is 4.40. The molecule has 1 saturated heterocycles. The number of piperidine rings is 1. The first kappa shape index (κ1) is 20.3. The number of likely N-dealkylation sites (tertiary alicyclic amines) is 1. The molecule has 1 aromatic heterocycles. The van der Waals surface area contributed by atoms with E-state index in [9.17, 15) is 9.59 Å². The highest BCUT2D eigenvalue weighted by molar-refractivity contribution is 5.84. The van der Waals surface area contributed by atoms with E-state index in [0.29, 0.717) is 13.0 Å². The van der Waals surface area contributed by atoms with Crippen LogP contribution in [0.25, 0.3) is 10.9 Å². The van der Waals surface area contributed by atoms with Crippen molar-refractivity contribution in [3.05, 3.63) is 47.7 Å². The second-order valence-electron chi connectivity index (χ2n) is 9.69. The molecule has 1 aliphatic heterocycles. The van der Waals surface area contributed by atoms with Gasteiger partial charge in [0.2, 0.25) is 11.8 Å². The number of aromatic amines is 1. The molecule has 2 aromatic rings. The Morgan fingerprint density at radius 2 is 2.00 bits per heavy atom. The number of benzene rings is 1. The van der Waals surface area contributed by atoms with Crippen LogP contribution in [0.1, 0.15) is 56.9 Å². The van der Waals surface area contributed by atoms with Gasteiger partial charge in [-0.05, 0) is 68.4 Å². The Morgan fingerprint density at radius 3 is 2.81 bits per heavy atom. The summed E-state index contributed by atoms with van der Waals surface area (Å²) in [6.07, 6.45) is 13.4. The lowest BCUT2D eigenvalue weighted by molar-refractivity contribution is -0.132. The molecule has 1 aromatic carbocycles. The standard InChI is InChI=1S/C26H33N3O2/c30-24(16-19-6-2-1-3-7-19)29-14-11-26(12-15-29)17-22(26)25(31)27-13-10-20-18-28-23-9-5-4-8-21(20)23/h4-6,8-9,18,22,28H,1-3,7,10-17H2,(H,27,31). The molecule has 1 atom stereocenters. The maximum absolute atomic E-state index is 12.7. The van der Waals surface area contributed by atoms with Gasteiger partial charge < -0.3 is 15.2 Å². The summed E-state index contributed by atoms with van der Waals surface area (Å²) < 4.78 is 0. The van der Waals surface area contributed by atoms with Crippen LogP contribution in [0.3, 0.4) is 0 Å². The average molecular weight is 420 g/mol. The number of H-pyrrole nitrogens is 1. The smallest absolute Gasteiger partial charge is 0.226 e. The predicted molar refractivity (Wildman–Crippen MR) is 123 cm³/mol. The zero-order valence-corrected chi connectivity index (χ0v) is 18.3. The van der Waals surface area contributed by atoms with Crippen LogP contribution in [-0.4, -0.2) is 41.3 Å². The van der Waals surface area contributed by atoms with Crippen molar-refractivity contribution < 1.29 is 9.59 Å². The van der Waals surface area contributed by atoms with E-state index in [2.05, 4.69) is 34.6 Å². The zero-order valence-electron chi connectivity index (χ0n) is 18.3. The Morgan fingerprint density at radius 1 is 1.16 bits per heavy atom. The quantitative estimate of drug-likeness (QED) is 0.684. The van der Waals surface area contributed by atoms with Crippen molar-refractivity contribution in [2.45, 2.75) is 57.8 Å². The van der Waals surface area contributed by atoms with Gasteiger partial charge in [-0.2, -0.15) is 0 Å². The highest BCUT2D eigenvalue weighted by atomic mass is 16.2. The molecule has 1 spiro atoms. The molecule has 2 heterocycles. The molecule has 0 bridgehead atoms. The molecule has 5 rings (SSSR count). The lowest BCUT2D eigenvalue weighted by Gasteiger charge is -2.33. The van der Waals surface area contributed by atoms with Crippen LogP contribution in [0, 0.1) is 11.3 Å². The molecule has 1 unspecified atom stereocenters. The number of carbonyl (C=O) groups is 2. The number of para-hydroxylation sites is 1. The van der Waals surface area contributed by atoms with Gasteiger partial charge in [0.05, 0.1) is 0 Å². The zero-order chi connectivity index (χ0) is 21.3. The molecule has 5 heteroatoms. The van der Waals surface area contributed by atoms with Crippen LogP contribution in [-0.2, 0) is 16.0 Å². The molecule has 2 fully saturated rings. The van der Waals surface area contributed by atoms with Crippen LogP contribution in [0.5, 0.6) is 0 Å². The molecule has 3 aliphatic rings. The molecule has 164 valence electrons. The minimum Gasteiger partial charge on any atom is -0.361 e. The monoisotopic (exact) mass is 419 g/mol. The fourth-order valence-electron chi connectivity index (χ4n) is 5.63. The van der Waals surface area contributed by atoms with Gasteiger partial charge in [0.15, 0.2) is 0 Å². The molecule has 2 amide bonds. The molecule has 2 N–H and O–H groups in total. The number of allylic oxidation sites excluding steroid dienone is 1. The first-order chi connectivity index (χ1) is 15.1. The van der Waals surface area contributed by atoms with E-state index in [0.717, 1.165) is 57.1 Å². The summed E-state index contributed by atoms with van der Waals surface area (Å²) in [4.78, 5) is 30.7. The van der Waals surface area contributed by atoms with E-state index < -0.39 is 0 Å². The molecule has 0 radical (unpaired) electrons. The van der Waals surface area contributed by atoms with E-state index in [-0.39, 0.29) is 23.1 Å². The van der Waals surface area contributed by atoms with Gasteiger partial charge in [-0.1, -0.05) is 29.8 Å². The summed E-state index contributed by atoms with van der Waals surface area (Å²) in [5.74, 6) is 0.615. The summed E-state index contributed by atoms with van der Waals surface area (Å²) in [7, 11) is 0. The van der Waals surface area contributed by atoms with Gasteiger partial charge in [-0.3, -0.25) is 9.59 Å². The Kier molecular flexibility index (Phi) is 5.59. The van der Waals surface area contributed by atoms with Gasteiger partial charge in [0.25, 0.3) is 0 Å². The van der Waals surface area contributed by atoms with E-state index in [1.165, 1.54) is 29.4 Å². The third-order valence-electron chi connectivity index (χ3n) is 7.75. The fourth-order valence-corrected chi connectivity index (χ4v) is 5.63. The van der Waals surface area contributed by atoms with Crippen LogP contribution in [0.4, 0.5) is 0 Å². The number of fused-ring (bicyclic) bond motifs is 1. The molecular weight excluding hydrogens is 386 g/mol. The van der Waals surface area contributed by atoms with E-state index in [4.69, 9.17) is 0 Å². The summed E-state index contributed by atoms with van der Waals surface area (Å²) >= 11 is 0. The van der Waals surface area contributed by atoms with Gasteiger partial charge in [0.1, 0.15) is 0 Å². The van der Waals surface area contributed by atoms with Gasteiger partial charge in [0, 0.05) is 49.1 Å². The predicted octanol–water partition coefficient (Wildman–Crippen LogP) is 4.35. The van der Waals surface area contributed by atoms with Crippen molar-refractivity contribution in [3.8, 4) is 0 Å². The van der Waals surface area contributed by atoms with Crippen LogP contribution >= 0.6 is 0 Å². The Balaban J connectivity index is 1.07. The van der Waals surface area contributed by atoms with Gasteiger partial charge in [-0.25, -0.2) is 0 Å². The third kappa shape index (κ3) is 4.28. The third-order valence-corrected chi connectivity index (χ3v) is 7.75. The number of rotatable bonds is 6. The number of nitrogens with zero attached hydrogens (tertiary/aromatic N) is 1. The molecular formula is C26H33N3O2. The van der Waals surface area contributed by atoms with Crippen LogP contribution in [0.15, 0.2) is 42.1 Å². The largest absolute Gasteiger partial charge is 0.361 e. The van der Waals surface area contributed by atoms with Crippen molar-refractivity contribution in [2.24, 2.45) is 11.3 Å². The van der Waals surface area contributed by atoms with Gasteiger partial charge >= 0.3 is 0 Å². The molecule has 1 saturated carbocycles. The number of amides is 2. The highest BCUT2D eigenvalue weighted by Crippen LogP contribution is 2.59. The van der Waals surface area contributed by atoms with Crippen molar-refractivity contribution >= 4 is 22.7 Å². The molecule has 31 heavy (non-hydrogen) atoms. The normalized spacial score (nSPS) is 22.4. The number of carbonyl (C=O) groups excluding carboxylic acids is 2. The lowest BCUT2D eigenvalue weighted by atomic mass is 9.90. The highest BCUT2D eigenvalue weighted by Gasteiger charge is 2.58. The SMILES string of the molecule is O=C(NCCc1c[nH]c2ccccc12)C1CC12CCN(C(=O)CC1=CCCCC1)CC2. The van der Waals surface area contributed by atoms with E-state index >= 15 is 0 Å². The maximum atomic E-state index is 12.7. The Labute approximate surface area is 184 Å². The number of hydrogen-bond donors (Lipinski definition) is 2. The fraction of sp³-hybridized carbons (Fsp3) is 0.538. The van der Waals surface area contributed by atoms with Crippen molar-refractivity contribution in [1.29, 1.82) is 0 Å². The second kappa shape index (κ2) is 8.52. The summed E-state index contributed by atoms with van der Waals surface area (Å²) in [6, 6.07) is 8.28. The van der Waals surface area contributed by atoms with E-state index in [1.807, 2.05) is 17.2 Å². The van der Waals surface area contributed by atoms with Crippen LogP contribution < -0.4 is 5.32 Å². The van der Waals surface area contributed by atoms with Crippen molar-refractivity contribution in [2.75, 3.05) is 19.6 Å². The molecule has 2 aliphatic carbocycles. The minimum absolute atomic E-state index is 0.133. The van der Waals surface area contributed by atoms with Crippen LogP contribution in [0.2, 0.25) is 0 Å². The lowest BCUT2D eigenvalue weighted by Crippen LogP contribution is -2.40. The molecule has 5 nitrogen and oxygen atoms in total. The van der Waals surface area contributed by atoms with Crippen molar-refractivity contribution in [1.82, 2.24) is 15.2 Å². The first-order valence-electron chi connectivity index (χ1n) is 11.9. The Bertz CT molecular complexity index is 997. The average Bonchev–Trinajstić information content (AvgIpc) is 3.34. The number of nitrogens with one attached hydrogen (secondary N) is 2.